The summed E-state index contributed by atoms with van der Waals surface area (Å²) in [5.41, 5.74) is 2.37. The maximum atomic E-state index is 12.3. The molecule has 1 amide bonds. The van der Waals surface area contributed by atoms with Crippen LogP contribution in [0.15, 0.2) is 29.6 Å². The molecule has 0 saturated heterocycles. The Labute approximate surface area is 140 Å². The van der Waals surface area contributed by atoms with Gasteiger partial charge in [-0.3, -0.25) is 9.59 Å². The smallest absolute Gasteiger partial charge is 0.261 e. The van der Waals surface area contributed by atoms with Crippen LogP contribution in [0.1, 0.15) is 45.0 Å². The largest absolute Gasteiger partial charge is 0.491 e. The molecule has 5 heteroatoms. The van der Waals surface area contributed by atoms with Crippen LogP contribution in [0.4, 0.5) is 0 Å². The average molecular weight is 331 g/mol. The third-order valence-electron chi connectivity index (χ3n) is 3.35. The van der Waals surface area contributed by atoms with Crippen molar-refractivity contribution >= 4 is 23.0 Å². The van der Waals surface area contributed by atoms with Crippen molar-refractivity contribution in [3.8, 4) is 5.75 Å². The molecule has 0 aliphatic carbocycles. The van der Waals surface area contributed by atoms with E-state index in [2.05, 4.69) is 5.32 Å². The van der Waals surface area contributed by atoms with Gasteiger partial charge in [0.2, 0.25) is 0 Å². The van der Waals surface area contributed by atoms with E-state index < -0.39 is 0 Å². The maximum absolute atomic E-state index is 12.3. The molecule has 0 aliphatic heterocycles. The van der Waals surface area contributed by atoms with Crippen LogP contribution in [0.2, 0.25) is 0 Å². The molecular weight excluding hydrogens is 310 g/mol. The molecule has 0 radical (unpaired) electrons. The van der Waals surface area contributed by atoms with E-state index in [0.29, 0.717) is 10.4 Å². The molecule has 0 bridgehead atoms. The van der Waals surface area contributed by atoms with Gasteiger partial charge < -0.3 is 10.1 Å². The molecule has 4 nitrogen and oxygen atoms in total. The fraction of sp³-hybridized carbons (Fsp3) is 0.333. The lowest BCUT2D eigenvalue weighted by molar-refractivity contribution is 0.0906. The molecule has 1 aromatic heterocycles. The predicted octanol–water partition coefficient (Wildman–Crippen LogP) is 3.76. The molecule has 2 rings (SSSR count). The van der Waals surface area contributed by atoms with Gasteiger partial charge >= 0.3 is 0 Å². The fourth-order valence-electron chi connectivity index (χ4n) is 2.24. The molecule has 122 valence electrons. The zero-order valence-corrected chi connectivity index (χ0v) is 14.6. The van der Waals surface area contributed by atoms with Crippen molar-refractivity contribution in [3.05, 3.63) is 51.2 Å². The van der Waals surface area contributed by atoms with E-state index in [1.54, 1.807) is 12.1 Å². The van der Waals surface area contributed by atoms with Gasteiger partial charge in [-0.05, 0) is 68.5 Å². The number of benzene rings is 1. The van der Waals surface area contributed by atoms with E-state index >= 15 is 0 Å². The number of aryl methyl sites for hydroxylation is 2. The molecule has 0 atom stereocenters. The van der Waals surface area contributed by atoms with E-state index in [4.69, 9.17) is 4.74 Å². The van der Waals surface area contributed by atoms with Gasteiger partial charge in [-0.2, -0.15) is 0 Å². The van der Waals surface area contributed by atoms with E-state index in [0.717, 1.165) is 16.9 Å². The number of hydrogen-bond donors (Lipinski definition) is 1. The number of rotatable bonds is 6. The summed E-state index contributed by atoms with van der Waals surface area (Å²) in [7, 11) is 0. The quantitative estimate of drug-likeness (QED) is 0.820. The van der Waals surface area contributed by atoms with Crippen molar-refractivity contribution in [3.63, 3.8) is 0 Å². The lowest BCUT2D eigenvalue weighted by Gasteiger charge is -2.12. The summed E-state index contributed by atoms with van der Waals surface area (Å²) < 4.78 is 5.61. The minimum absolute atomic E-state index is 0.0125. The molecule has 0 unspecified atom stereocenters. The Bertz CT molecular complexity index is 719. The number of ketones is 1. The summed E-state index contributed by atoms with van der Waals surface area (Å²) in [6, 6.07) is 7.26. The summed E-state index contributed by atoms with van der Waals surface area (Å²) in [5.74, 6) is 0.428. The fourth-order valence-corrected chi connectivity index (χ4v) is 3.08. The predicted molar refractivity (Wildman–Crippen MR) is 92.7 cm³/mol. The summed E-state index contributed by atoms with van der Waals surface area (Å²) in [5, 5.41) is 4.55. The Balaban J connectivity index is 2.01. The Hall–Kier alpha value is -2.14. The van der Waals surface area contributed by atoms with Crippen molar-refractivity contribution in [2.45, 2.75) is 33.8 Å². The maximum Gasteiger partial charge on any atom is 0.261 e. The monoisotopic (exact) mass is 331 g/mol. The summed E-state index contributed by atoms with van der Waals surface area (Å²) in [6.07, 6.45) is 0.0873. The van der Waals surface area contributed by atoms with Crippen LogP contribution in [0.5, 0.6) is 5.75 Å². The minimum atomic E-state index is -0.205. The van der Waals surface area contributed by atoms with Gasteiger partial charge in [0.25, 0.3) is 5.91 Å². The second kappa shape index (κ2) is 7.42. The van der Waals surface area contributed by atoms with Crippen molar-refractivity contribution in [2.75, 3.05) is 6.54 Å². The first-order valence-corrected chi connectivity index (χ1v) is 8.39. The highest BCUT2D eigenvalue weighted by molar-refractivity contribution is 7.12. The zero-order valence-electron chi connectivity index (χ0n) is 13.8. The highest BCUT2D eigenvalue weighted by atomic mass is 32.1. The first-order chi connectivity index (χ1) is 10.9. The highest BCUT2D eigenvalue weighted by Gasteiger charge is 2.14. The number of amides is 1. The topological polar surface area (TPSA) is 55.4 Å². The summed E-state index contributed by atoms with van der Waals surface area (Å²) in [6.45, 7) is 7.64. The van der Waals surface area contributed by atoms with Crippen molar-refractivity contribution in [1.29, 1.82) is 0 Å². The Kier molecular flexibility index (Phi) is 5.55. The second-order valence-electron chi connectivity index (χ2n) is 5.68. The Morgan fingerprint density at radius 2 is 1.91 bits per heavy atom. The number of ether oxygens (including phenoxy) is 1. The number of carbonyl (C=O) groups excluding carboxylic acids is 2. The van der Waals surface area contributed by atoms with Crippen molar-refractivity contribution < 1.29 is 14.3 Å². The van der Waals surface area contributed by atoms with Crippen LogP contribution in [-0.2, 0) is 0 Å². The van der Waals surface area contributed by atoms with Gasteiger partial charge in [0, 0.05) is 5.56 Å². The third-order valence-corrected chi connectivity index (χ3v) is 4.36. The lowest BCUT2D eigenvalue weighted by Crippen LogP contribution is -2.29. The Morgan fingerprint density at radius 1 is 1.17 bits per heavy atom. The van der Waals surface area contributed by atoms with Gasteiger partial charge in [0.15, 0.2) is 5.78 Å². The normalized spacial score (nSPS) is 10.7. The molecule has 0 spiro atoms. The molecular formula is C18H21NO3S. The number of carbonyl (C=O) groups is 2. The zero-order chi connectivity index (χ0) is 17.0. The van der Waals surface area contributed by atoms with Crippen LogP contribution in [0.25, 0.3) is 0 Å². The van der Waals surface area contributed by atoms with Gasteiger partial charge in [-0.1, -0.05) is 0 Å². The van der Waals surface area contributed by atoms with Gasteiger partial charge in [-0.15, -0.1) is 11.3 Å². The molecule has 2 aromatic rings. The SMILES string of the molecule is Cc1cc(OC(C)C)ccc1C(=O)CNC(=O)c1sccc1C. The molecule has 1 heterocycles. The average Bonchev–Trinajstić information content (AvgIpc) is 2.90. The van der Waals surface area contributed by atoms with E-state index in [9.17, 15) is 9.59 Å². The second-order valence-corrected chi connectivity index (χ2v) is 6.60. The summed E-state index contributed by atoms with van der Waals surface area (Å²) >= 11 is 1.38. The van der Waals surface area contributed by atoms with Crippen molar-refractivity contribution in [2.24, 2.45) is 0 Å². The first-order valence-electron chi connectivity index (χ1n) is 7.51. The number of hydrogen-bond acceptors (Lipinski definition) is 4. The van der Waals surface area contributed by atoms with Crippen LogP contribution < -0.4 is 10.1 Å². The molecule has 1 N–H and O–H groups in total. The van der Waals surface area contributed by atoms with Gasteiger partial charge in [0.05, 0.1) is 17.5 Å². The van der Waals surface area contributed by atoms with Gasteiger partial charge in [0.1, 0.15) is 5.75 Å². The van der Waals surface area contributed by atoms with Crippen LogP contribution in [-0.4, -0.2) is 24.3 Å². The van der Waals surface area contributed by atoms with Gasteiger partial charge in [-0.25, -0.2) is 0 Å². The number of Topliss-reactive ketones (excluding diaryl/α,β-unsaturated/α-hetero) is 1. The minimum Gasteiger partial charge on any atom is -0.491 e. The molecule has 0 fully saturated rings. The van der Waals surface area contributed by atoms with E-state index in [-0.39, 0.29) is 24.3 Å². The summed E-state index contributed by atoms with van der Waals surface area (Å²) in [4.78, 5) is 25.0. The van der Waals surface area contributed by atoms with Crippen LogP contribution >= 0.6 is 11.3 Å². The standard InChI is InChI=1S/C18H21NO3S/c1-11(2)22-14-5-6-15(13(4)9-14)16(20)10-19-18(21)17-12(3)7-8-23-17/h5-9,11H,10H2,1-4H3,(H,19,21). The number of nitrogens with one attached hydrogen (secondary N) is 1. The lowest BCUT2D eigenvalue weighted by atomic mass is 10.0. The molecule has 0 aliphatic rings. The Morgan fingerprint density at radius 3 is 2.48 bits per heavy atom. The van der Waals surface area contributed by atoms with Crippen molar-refractivity contribution in [1.82, 2.24) is 5.32 Å². The molecule has 23 heavy (non-hydrogen) atoms. The molecule has 0 saturated carbocycles. The van der Waals surface area contributed by atoms with Crippen LogP contribution in [0.3, 0.4) is 0 Å². The highest BCUT2D eigenvalue weighted by Crippen LogP contribution is 2.19. The van der Waals surface area contributed by atoms with Crippen LogP contribution in [0, 0.1) is 13.8 Å². The van der Waals surface area contributed by atoms with E-state index in [1.807, 2.05) is 45.2 Å². The first kappa shape index (κ1) is 17.2. The molecule has 1 aromatic carbocycles. The van der Waals surface area contributed by atoms with E-state index in [1.165, 1.54) is 11.3 Å². The third kappa shape index (κ3) is 4.42. The number of thiophene rings is 1.